The molecular weight excluding hydrogens is 431 g/mol. The number of morpholine rings is 1. The first kappa shape index (κ1) is 21.0. The number of hydrazine groups is 2. The van der Waals surface area contributed by atoms with Crippen molar-refractivity contribution in [2.75, 3.05) is 36.7 Å². The van der Waals surface area contributed by atoms with Gasteiger partial charge in [-0.2, -0.15) is 5.10 Å². The van der Waals surface area contributed by atoms with Crippen LogP contribution in [-0.4, -0.2) is 63.5 Å². The van der Waals surface area contributed by atoms with Gasteiger partial charge in [0.2, 0.25) is 0 Å². The molecule has 3 N–H and O–H groups in total. The zero-order valence-electron chi connectivity index (χ0n) is 17.7. The summed E-state index contributed by atoms with van der Waals surface area (Å²) in [6, 6.07) is 4.62. The Labute approximate surface area is 189 Å². The molecule has 33 heavy (non-hydrogen) atoms. The fourth-order valence-corrected chi connectivity index (χ4v) is 3.79. The highest BCUT2D eigenvalue weighted by atomic mass is 19.1. The van der Waals surface area contributed by atoms with E-state index < -0.39 is 5.82 Å². The molecule has 0 aliphatic carbocycles. The number of amides is 1. The van der Waals surface area contributed by atoms with Gasteiger partial charge in [0.05, 0.1) is 44.4 Å². The van der Waals surface area contributed by atoms with Crippen molar-refractivity contribution in [2.45, 2.75) is 13.1 Å². The molecule has 0 unspecified atom stereocenters. The number of halogens is 1. The van der Waals surface area contributed by atoms with Crippen LogP contribution in [0.15, 0.2) is 59.4 Å². The van der Waals surface area contributed by atoms with Crippen LogP contribution in [0, 0.1) is 5.82 Å². The van der Waals surface area contributed by atoms with Gasteiger partial charge in [0.15, 0.2) is 0 Å². The van der Waals surface area contributed by atoms with Gasteiger partial charge in [-0.15, -0.1) is 0 Å². The quantitative estimate of drug-likeness (QED) is 0.562. The number of benzene rings is 1. The fourth-order valence-electron chi connectivity index (χ4n) is 3.79. The number of aliphatic hydroxyl groups is 1. The first-order valence-electron chi connectivity index (χ1n) is 10.5. The maximum absolute atomic E-state index is 14.4. The molecule has 0 bridgehead atoms. The van der Waals surface area contributed by atoms with Crippen LogP contribution in [0.25, 0.3) is 0 Å². The lowest BCUT2D eigenvalue weighted by Gasteiger charge is -2.28. The highest BCUT2D eigenvalue weighted by molar-refractivity contribution is 5.94. The van der Waals surface area contributed by atoms with Crippen molar-refractivity contribution >= 4 is 23.6 Å². The van der Waals surface area contributed by atoms with Crippen LogP contribution in [0.4, 0.5) is 15.8 Å². The summed E-state index contributed by atoms with van der Waals surface area (Å²) in [5.41, 5.74) is 9.80. The van der Waals surface area contributed by atoms with Gasteiger partial charge in [-0.25, -0.2) is 14.4 Å². The molecule has 1 fully saturated rings. The second-order valence-electron chi connectivity index (χ2n) is 7.65. The van der Waals surface area contributed by atoms with Crippen molar-refractivity contribution in [3.05, 3.63) is 65.8 Å². The molecule has 0 radical (unpaired) electrons. The summed E-state index contributed by atoms with van der Waals surface area (Å²) in [6.45, 7) is 1.59. The van der Waals surface area contributed by atoms with Crippen LogP contribution < -0.4 is 15.8 Å². The third-order valence-electron chi connectivity index (χ3n) is 5.29. The third kappa shape index (κ3) is 4.52. The summed E-state index contributed by atoms with van der Waals surface area (Å²) >= 11 is 0. The number of nitrogens with zero attached hydrogens (tertiary/aromatic N) is 6. The van der Waals surface area contributed by atoms with Gasteiger partial charge in [0.1, 0.15) is 30.2 Å². The Kier molecular flexibility index (Phi) is 5.67. The van der Waals surface area contributed by atoms with Crippen LogP contribution in [0.1, 0.15) is 5.56 Å². The predicted molar refractivity (Wildman–Crippen MR) is 118 cm³/mol. The third-order valence-corrected chi connectivity index (χ3v) is 5.29. The molecule has 3 aliphatic rings. The normalized spacial score (nSPS) is 17.6. The monoisotopic (exact) mass is 454 g/mol. The van der Waals surface area contributed by atoms with Gasteiger partial charge < -0.3 is 20.2 Å². The molecule has 0 spiro atoms. The smallest absolute Gasteiger partial charge is 0.253 e. The minimum atomic E-state index is -0.409. The number of fused-ring (bicyclic) bond motifs is 1. The van der Waals surface area contributed by atoms with Crippen molar-refractivity contribution < 1.29 is 19.0 Å². The largest absolute Gasteiger partial charge is 0.394 e. The van der Waals surface area contributed by atoms with Gasteiger partial charge in [0, 0.05) is 24.6 Å². The van der Waals surface area contributed by atoms with Crippen LogP contribution in [0.5, 0.6) is 0 Å². The van der Waals surface area contributed by atoms with Crippen molar-refractivity contribution in [1.29, 1.82) is 0 Å². The van der Waals surface area contributed by atoms with E-state index in [1.807, 2.05) is 17.3 Å². The number of ether oxygens (including phenoxy) is 1. The van der Waals surface area contributed by atoms with Crippen molar-refractivity contribution in [1.82, 2.24) is 25.2 Å². The molecule has 3 aliphatic heterocycles. The van der Waals surface area contributed by atoms with Gasteiger partial charge in [-0.05, 0) is 23.8 Å². The first-order valence-corrected chi connectivity index (χ1v) is 10.5. The molecule has 4 heterocycles. The van der Waals surface area contributed by atoms with E-state index in [2.05, 4.69) is 20.9 Å². The zero-order valence-corrected chi connectivity index (χ0v) is 17.7. The number of hydrogen-bond donors (Lipinski definition) is 3. The predicted octanol–water partition coefficient (Wildman–Crippen LogP) is 0.752. The fraction of sp³-hybridized carbons (Fsp3) is 0.286. The highest BCUT2D eigenvalue weighted by Crippen LogP contribution is 2.27. The maximum atomic E-state index is 14.4. The van der Waals surface area contributed by atoms with E-state index in [4.69, 9.17) is 9.84 Å². The summed E-state index contributed by atoms with van der Waals surface area (Å²) < 4.78 is 21.2. The number of aliphatic hydroxyl groups excluding tert-OH is 1. The molecule has 0 saturated carbocycles. The van der Waals surface area contributed by atoms with Crippen molar-refractivity contribution in [3.8, 4) is 0 Å². The van der Waals surface area contributed by atoms with Crippen LogP contribution in [-0.2, 0) is 22.6 Å². The SMILES string of the molecule is O=C1COCCN1c1cc(F)cc(CN2NC=C3N=CN(Nc4cnn(CCO)c4)C=C32)c1. The number of carbonyl (C=O) groups excluding carboxylic acids is 1. The molecule has 12 heteroatoms. The van der Waals surface area contributed by atoms with E-state index >= 15 is 0 Å². The molecule has 0 atom stereocenters. The van der Waals surface area contributed by atoms with Gasteiger partial charge in [-0.1, -0.05) is 0 Å². The maximum Gasteiger partial charge on any atom is 0.253 e. The van der Waals surface area contributed by atoms with Crippen LogP contribution >= 0.6 is 0 Å². The molecule has 2 aromatic rings. The minimum Gasteiger partial charge on any atom is -0.394 e. The van der Waals surface area contributed by atoms with Crippen LogP contribution in [0.3, 0.4) is 0 Å². The topological polar surface area (TPSA) is 110 Å². The number of aromatic nitrogens is 2. The van der Waals surface area contributed by atoms with Crippen molar-refractivity contribution in [2.24, 2.45) is 4.99 Å². The Hall–Kier alpha value is -3.90. The van der Waals surface area contributed by atoms with Gasteiger partial charge in [0.25, 0.3) is 5.91 Å². The standard InChI is InChI=1S/C21H23FN8O3/c22-16-5-15(6-18(7-16)29-2-4-33-13-21(29)32)10-30-20-12-28(14-23-19(20)9-25-30)26-17-8-24-27(11-17)1-3-31/h5-9,11-12,14,25-26,31H,1-4,10,13H2. The molecule has 11 nitrogen and oxygen atoms in total. The van der Waals surface area contributed by atoms with Gasteiger partial charge >= 0.3 is 0 Å². The minimum absolute atomic E-state index is 0.000560. The van der Waals surface area contributed by atoms with E-state index in [0.717, 1.165) is 17.1 Å². The molecular formula is C21H23FN8O3. The first-order chi connectivity index (χ1) is 16.1. The Bertz CT molecular complexity index is 1140. The summed E-state index contributed by atoms with van der Waals surface area (Å²) in [4.78, 5) is 18.2. The van der Waals surface area contributed by atoms with E-state index in [1.165, 1.54) is 12.1 Å². The second kappa shape index (κ2) is 8.92. The van der Waals surface area contributed by atoms with Crippen LogP contribution in [0.2, 0.25) is 0 Å². The summed E-state index contributed by atoms with van der Waals surface area (Å²) in [6.07, 6.45) is 8.69. The number of carbonyl (C=O) groups is 1. The molecule has 1 aromatic carbocycles. The zero-order chi connectivity index (χ0) is 22.8. The summed E-state index contributed by atoms with van der Waals surface area (Å²) in [7, 11) is 0. The van der Waals surface area contributed by atoms with E-state index in [9.17, 15) is 9.18 Å². The number of rotatable bonds is 7. The molecule has 1 aromatic heterocycles. The average Bonchev–Trinajstić information content (AvgIpc) is 3.41. The second-order valence-corrected chi connectivity index (χ2v) is 7.65. The molecule has 1 saturated heterocycles. The summed E-state index contributed by atoms with van der Waals surface area (Å²) in [5.74, 6) is -0.595. The molecule has 5 rings (SSSR count). The number of anilines is 2. The molecule has 172 valence electrons. The number of hydrogen-bond acceptors (Lipinski definition) is 9. The summed E-state index contributed by atoms with van der Waals surface area (Å²) in [5, 5.41) is 16.7. The lowest BCUT2D eigenvalue weighted by molar-refractivity contribution is -0.125. The van der Waals surface area contributed by atoms with Gasteiger partial charge in [-0.3, -0.25) is 19.9 Å². The Morgan fingerprint density at radius 1 is 1.30 bits per heavy atom. The Balaban J connectivity index is 1.31. The molecule has 1 amide bonds. The lowest BCUT2D eigenvalue weighted by atomic mass is 10.1. The average molecular weight is 454 g/mol. The van der Waals surface area contributed by atoms with E-state index in [1.54, 1.807) is 39.5 Å². The number of nitrogens with one attached hydrogen (secondary N) is 2. The lowest BCUT2D eigenvalue weighted by Crippen LogP contribution is -2.41. The van der Waals surface area contributed by atoms with Crippen molar-refractivity contribution in [3.63, 3.8) is 0 Å². The van der Waals surface area contributed by atoms with E-state index in [0.29, 0.717) is 37.5 Å². The number of aliphatic imine (C=N–C) groups is 1. The highest BCUT2D eigenvalue weighted by Gasteiger charge is 2.25. The van der Waals surface area contributed by atoms with E-state index in [-0.39, 0.29) is 19.1 Å². The Morgan fingerprint density at radius 3 is 3.06 bits per heavy atom. The Morgan fingerprint density at radius 2 is 2.21 bits per heavy atom.